The maximum absolute atomic E-state index is 11.5. The van der Waals surface area contributed by atoms with Crippen molar-refractivity contribution in [2.45, 2.75) is 31.3 Å². The Morgan fingerprint density at radius 3 is 2.70 bits per heavy atom. The van der Waals surface area contributed by atoms with Gasteiger partial charge in [-0.05, 0) is 6.92 Å². The summed E-state index contributed by atoms with van der Waals surface area (Å²) < 4.78 is 10.7. The van der Waals surface area contributed by atoms with Crippen LogP contribution in [0.5, 0.6) is 0 Å². The highest BCUT2D eigenvalue weighted by molar-refractivity contribution is 5.83. The summed E-state index contributed by atoms with van der Waals surface area (Å²) in [6, 6.07) is -0.955. The van der Waals surface area contributed by atoms with Crippen LogP contribution >= 0.6 is 0 Å². The molecule has 0 unspecified atom stereocenters. The average Bonchev–Trinajstić information content (AvgIpc) is 2.91. The lowest BCUT2D eigenvalue weighted by Gasteiger charge is -2.17. The summed E-state index contributed by atoms with van der Waals surface area (Å²) in [5.41, 5.74) is 0. The fraction of sp³-hybridized carbons (Fsp3) is 0.800. The number of ketones is 1. The summed E-state index contributed by atoms with van der Waals surface area (Å²) in [4.78, 5) is 37.0. The molecule has 0 spiro atoms. The lowest BCUT2D eigenvalue weighted by atomic mass is 10.1. The number of nitrogens with one attached hydrogen (secondary N) is 2. The molecular weight excluding hydrogens is 274 g/mol. The summed E-state index contributed by atoms with van der Waals surface area (Å²) in [5.74, 6) is -0.169. The second kappa shape index (κ2) is 6.01. The van der Waals surface area contributed by atoms with Crippen LogP contribution in [0.2, 0.25) is 0 Å². The maximum atomic E-state index is 11.5. The molecule has 0 saturated carbocycles. The van der Waals surface area contributed by atoms with Crippen molar-refractivity contribution in [2.75, 3.05) is 19.8 Å². The molecule has 2 fully saturated rings. The molecule has 0 aliphatic carbocycles. The van der Waals surface area contributed by atoms with E-state index in [0.717, 1.165) is 0 Å². The van der Waals surface area contributed by atoms with Crippen LogP contribution in [0.25, 0.3) is 0 Å². The molecule has 2 saturated heterocycles. The minimum absolute atomic E-state index is 0.0313. The summed E-state index contributed by atoms with van der Waals surface area (Å²) in [5, 5.41) is 14.4. The van der Waals surface area contributed by atoms with Gasteiger partial charge in [0, 0.05) is 0 Å². The molecule has 2 heterocycles. The van der Waals surface area contributed by atoms with E-state index in [2.05, 4.69) is 15.5 Å². The van der Waals surface area contributed by atoms with Gasteiger partial charge in [0.1, 0.15) is 18.0 Å². The van der Waals surface area contributed by atoms with Crippen LogP contribution in [-0.4, -0.2) is 61.0 Å². The first-order chi connectivity index (χ1) is 9.47. The molecule has 0 aromatic carbocycles. The number of hydrogen-bond donors (Lipinski definition) is 2. The Labute approximate surface area is 113 Å². The van der Waals surface area contributed by atoms with E-state index in [0.29, 0.717) is 0 Å². The highest BCUT2D eigenvalue weighted by atomic mass is 17.0. The van der Waals surface area contributed by atoms with Crippen molar-refractivity contribution >= 4 is 11.8 Å². The van der Waals surface area contributed by atoms with Crippen LogP contribution in [0.3, 0.4) is 0 Å². The van der Waals surface area contributed by atoms with E-state index >= 15 is 0 Å². The number of amides is 2. The summed E-state index contributed by atoms with van der Waals surface area (Å²) in [6.45, 7) is 1.49. The van der Waals surface area contributed by atoms with Gasteiger partial charge < -0.3 is 24.9 Å². The van der Waals surface area contributed by atoms with Gasteiger partial charge in [0.05, 0.1) is 25.8 Å². The molecule has 2 rings (SSSR count). The second-order valence-corrected chi connectivity index (χ2v) is 4.60. The van der Waals surface area contributed by atoms with Gasteiger partial charge in [0.15, 0.2) is 6.10 Å². The topological polar surface area (TPSA) is 129 Å². The quantitative estimate of drug-likeness (QED) is 0.471. The van der Waals surface area contributed by atoms with Crippen LogP contribution in [0, 0.1) is 10.1 Å². The van der Waals surface area contributed by atoms with Crippen LogP contribution < -0.4 is 10.6 Å². The number of hydrogen-bond acceptors (Lipinski definition) is 7. The van der Waals surface area contributed by atoms with Crippen molar-refractivity contribution in [1.82, 2.24) is 10.6 Å². The Morgan fingerprint density at radius 2 is 2.05 bits per heavy atom. The fourth-order valence-electron chi connectivity index (χ4n) is 2.21. The van der Waals surface area contributed by atoms with Gasteiger partial charge in [-0.2, -0.15) is 0 Å². The van der Waals surface area contributed by atoms with Crippen LogP contribution in [0.4, 0.5) is 4.79 Å². The van der Waals surface area contributed by atoms with Gasteiger partial charge in [0.25, 0.3) is 5.09 Å². The predicted octanol–water partition coefficient (Wildman–Crippen LogP) is -1.38. The minimum Gasteiger partial charge on any atom is -0.371 e. The Hall–Kier alpha value is -1.94. The zero-order valence-electron chi connectivity index (χ0n) is 10.7. The smallest absolute Gasteiger partial charge is 0.315 e. The van der Waals surface area contributed by atoms with Crippen LogP contribution in [-0.2, 0) is 19.1 Å². The molecule has 0 aromatic rings. The van der Waals surface area contributed by atoms with Gasteiger partial charge in [-0.3, -0.25) is 4.79 Å². The highest BCUT2D eigenvalue weighted by Crippen LogP contribution is 2.28. The Kier molecular flexibility index (Phi) is 4.35. The standard InChI is InChI=1S/C10H15N3O7/c1-5(14)2-11-10(15)12-6-3-18-9-7(20-13(16)17)4-19-8(6)9/h6-9H,2-4H2,1H3,(H2,11,12,15)/t6-,7+,8-,9-/m1/s1. The summed E-state index contributed by atoms with van der Waals surface area (Å²) in [7, 11) is 0. The van der Waals surface area contributed by atoms with E-state index in [-0.39, 0.29) is 25.5 Å². The number of ether oxygens (including phenoxy) is 2. The number of carbonyl (C=O) groups excluding carboxylic acids is 2. The first-order valence-corrected chi connectivity index (χ1v) is 6.05. The van der Waals surface area contributed by atoms with Gasteiger partial charge in [-0.15, -0.1) is 10.1 Å². The summed E-state index contributed by atoms with van der Waals surface area (Å²) in [6.07, 6.45) is -1.87. The van der Waals surface area contributed by atoms with Gasteiger partial charge in [-0.1, -0.05) is 0 Å². The Balaban J connectivity index is 1.83. The average molecular weight is 289 g/mol. The Morgan fingerprint density at radius 1 is 1.35 bits per heavy atom. The first kappa shape index (κ1) is 14.5. The molecule has 112 valence electrons. The van der Waals surface area contributed by atoms with E-state index in [4.69, 9.17) is 9.47 Å². The Bertz CT molecular complexity index is 416. The fourth-order valence-corrected chi connectivity index (χ4v) is 2.21. The molecule has 10 nitrogen and oxygen atoms in total. The monoisotopic (exact) mass is 289 g/mol. The van der Waals surface area contributed by atoms with Crippen molar-refractivity contribution in [2.24, 2.45) is 0 Å². The number of urea groups is 1. The predicted molar refractivity (Wildman–Crippen MR) is 62.4 cm³/mol. The van der Waals surface area contributed by atoms with E-state index in [1.807, 2.05) is 0 Å². The SMILES string of the molecule is CC(=O)CNC(=O)N[C@@H]1CO[C@H]2[C@@H]1OC[C@@H]2O[N+](=O)[O-]. The van der Waals surface area contributed by atoms with E-state index in [9.17, 15) is 19.7 Å². The number of fused-ring (bicyclic) bond motifs is 1. The summed E-state index contributed by atoms with van der Waals surface area (Å²) >= 11 is 0. The molecule has 0 aromatic heterocycles. The highest BCUT2D eigenvalue weighted by Gasteiger charge is 2.49. The maximum Gasteiger partial charge on any atom is 0.315 e. The number of rotatable bonds is 5. The van der Waals surface area contributed by atoms with Crippen molar-refractivity contribution < 1.29 is 29.0 Å². The number of carbonyl (C=O) groups is 2. The lowest BCUT2D eigenvalue weighted by Crippen LogP contribution is -2.49. The third-order valence-electron chi connectivity index (χ3n) is 3.04. The van der Waals surface area contributed by atoms with Gasteiger partial charge in [-0.25, -0.2) is 4.79 Å². The van der Waals surface area contributed by atoms with E-state index in [1.54, 1.807) is 0 Å². The first-order valence-electron chi connectivity index (χ1n) is 6.05. The molecule has 2 aliphatic rings. The molecule has 2 amide bonds. The zero-order valence-corrected chi connectivity index (χ0v) is 10.7. The molecule has 20 heavy (non-hydrogen) atoms. The van der Waals surface area contributed by atoms with Crippen molar-refractivity contribution in [3.8, 4) is 0 Å². The van der Waals surface area contributed by atoms with Crippen molar-refractivity contribution in [3.05, 3.63) is 10.1 Å². The number of nitrogens with zero attached hydrogens (tertiary/aromatic N) is 1. The molecule has 4 atom stereocenters. The minimum atomic E-state index is -0.889. The third kappa shape index (κ3) is 3.33. The third-order valence-corrected chi connectivity index (χ3v) is 3.04. The molecule has 0 radical (unpaired) electrons. The largest absolute Gasteiger partial charge is 0.371 e. The molecule has 10 heteroatoms. The molecule has 0 bridgehead atoms. The molecule has 2 aliphatic heterocycles. The van der Waals surface area contributed by atoms with Crippen molar-refractivity contribution in [1.29, 1.82) is 0 Å². The van der Waals surface area contributed by atoms with Crippen molar-refractivity contribution in [3.63, 3.8) is 0 Å². The zero-order chi connectivity index (χ0) is 14.7. The van der Waals surface area contributed by atoms with Gasteiger partial charge in [0.2, 0.25) is 0 Å². The number of Topliss-reactive ketones (excluding diaryl/α,β-unsaturated/α-hetero) is 1. The van der Waals surface area contributed by atoms with E-state index in [1.165, 1.54) is 6.92 Å². The second-order valence-electron chi connectivity index (χ2n) is 4.60. The van der Waals surface area contributed by atoms with Crippen LogP contribution in [0.15, 0.2) is 0 Å². The van der Waals surface area contributed by atoms with E-state index < -0.39 is 35.5 Å². The molecule has 2 N–H and O–H groups in total. The normalized spacial score (nSPS) is 31.4. The lowest BCUT2D eigenvalue weighted by molar-refractivity contribution is -0.769. The molecular formula is C10H15N3O7. The van der Waals surface area contributed by atoms with Gasteiger partial charge >= 0.3 is 6.03 Å². The van der Waals surface area contributed by atoms with Crippen LogP contribution in [0.1, 0.15) is 6.92 Å².